The third kappa shape index (κ3) is 2.20. The van der Waals surface area contributed by atoms with Crippen LogP contribution in [0.4, 0.5) is 5.82 Å². The number of nitrogen functional groups attached to an aromatic ring is 1. The Morgan fingerprint density at radius 1 is 1.22 bits per heavy atom. The van der Waals surface area contributed by atoms with E-state index in [-0.39, 0.29) is 0 Å². The Morgan fingerprint density at radius 3 is 2.91 bits per heavy atom. The summed E-state index contributed by atoms with van der Waals surface area (Å²) in [7, 11) is 0. The van der Waals surface area contributed by atoms with Gasteiger partial charge < -0.3 is 10.3 Å². The van der Waals surface area contributed by atoms with E-state index < -0.39 is 0 Å². The molecule has 0 aliphatic rings. The van der Waals surface area contributed by atoms with Crippen molar-refractivity contribution in [1.29, 1.82) is 0 Å². The van der Waals surface area contributed by atoms with Crippen LogP contribution in [0.15, 0.2) is 36.7 Å². The predicted molar refractivity (Wildman–Crippen MR) is 86.2 cm³/mol. The van der Waals surface area contributed by atoms with Gasteiger partial charge in [-0.2, -0.15) is 5.21 Å². The predicted octanol–water partition coefficient (Wildman–Crippen LogP) is 1.88. The van der Waals surface area contributed by atoms with Crippen molar-refractivity contribution in [1.82, 2.24) is 35.2 Å². The number of aromatic amines is 1. The molecule has 0 fully saturated rings. The van der Waals surface area contributed by atoms with E-state index in [2.05, 4.69) is 66.5 Å². The first-order valence-corrected chi connectivity index (χ1v) is 7.22. The third-order valence-corrected chi connectivity index (χ3v) is 3.73. The van der Waals surface area contributed by atoms with Crippen LogP contribution < -0.4 is 5.73 Å². The summed E-state index contributed by atoms with van der Waals surface area (Å²) < 4.78 is 2.19. The number of nitrogens with two attached hydrogens (primary N) is 1. The molecule has 4 rings (SSSR count). The highest BCUT2D eigenvalue weighted by atomic mass is 15.5. The summed E-state index contributed by atoms with van der Waals surface area (Å²) in [4.78, 5) is 8.74. The Balaban J connectivity index is 1.91. The van der Waals surface area contributed by atoms with E-state index in [1.165, 1.54) is 11.7 Å². The van der Waals surface area contributed by atoms with Gasteiger partial charge in [0.25, 0.3) is 0 Å². The number of aryl methyl sites for hydroxylation is 1. The second kappa shape index (κ2) is 5.16. The lowest BCUT2D eigenvalue weighted by atomic mass is 10.1. The van der Waals surface area contributed by atoms with Crippen molar-refractivity contribution in [2.24, 2.45) is 0 Å². The molecule has 0 amide bonds. The van der Waals surface area contributed by atoms with Crippen LogP contribution in [0, 0.1) is 0 Å². The molecule has 0 saturated carbocycles. The summed E-state index contributed by atoms with van der Waals surface area (Å²) in [6.07, 6.45) is 3.60. The lowest BCUT2D eigenvalue weighted by Crippen LogP contribution is -1.99. The fourth-order valence-electron chi connectivity index (χ4n) is 2.66. The van der Waals surface area contributed by atoms with E-state index in [1.54, 1.807) is 0 Å². The van der Waals surface area contributed by atoms with Gasteiger partial charge in [0, 0.05) is 29.2 Å². The minimum absolute atomic E-state index is 0.312. The Morgan fingerprint density at radius 2 is 2.13 bits per heavy atom. The molecular weight excluding hydrogens is 292 g/mol. The van der Waals surface area contributed by atoms with Gasteiger partial charge in [-0.05, 0) is 30.3 Å². The van der Waals surface area contributed by atoms with Gasteiger partial charge >= 0.3 is 0 Å². The van der Waals surface area contributed by atoms with Crippen molar-refractivity contribution in [2.75, 3.05) is 5.73 Å². The fraction of sp³-hybridized carbons (Fsp3) is 0.133. The average Bonchev–Trinajstić information content (AvgIpc) is 3.23. The first-order chi connectivity index (χ1) is 11.3. The molecule has 4 aromatic rings. The summed E-state index contributed by atoms with van der Waals surface area (Å²) in [5.74, 6) is 0.679. The number of hydrogen-bond acceptors (Lipinski definition) is 6. The second-order valence-corrected chi connectivity index (χ2v) is 5.10. The van der Waals surface area contributed by atoms with Crippen LogP contribution in [0.1, 0.15) is 6.92 Å². The quantitative estimate of drug-likeness (QED) is 0.598. The highest BCUT2D eigenvalue weighted by molar-refractivity contribution is 5.87. The van der Waals surface area contributed by atoms with Crippen LogP contribution in [-0.4, -0.2) is 35.2 Å². The zero-order valence-electron chi connectivity index (χ0n) is 12.4. The van der Waals surface area contributed by atoms with Crippen LogP contribution in [0.5, 0.6) is 0 Å². The molecule has 0 atom stereocenters. The first-order valence-electron chi connectivity index (χ1n) is 7.22. The molecule has 0 bridgehead atoms. The Labute approximate surface area is 131 Å². The second-order valence-electron chi connectivity index (χ2n) is 5.10. The minimum atomic E-state index is 0.312. The SMILES string of the molecule is CCn1ccc2cc(-c3ncc(N)nc3-c3nn[nH]n3)ccc21. The van der Waals surface area contributed by atoms with Crippen molar-refractivity contribution in [3.63, 3.8) is 0 Å². The highest BCUT2D eigenvalue weighted by Crippen LogP contribution is 2.29. The summed E-state index contributed by atoms with van der Waals surface area (Å²) >= 11 is 0. The van der Waals surface area contributed by atoms with Crippen molar-refractivity contribution in [3.8, 4) is 22.8 Å². The number of fused-ring (bicyclic) bond motifs is 1. The number of aromatic nitrogens is 7. The number of rotatable bonds is 3. The van der Waals surface area contributed by atoms with Crippen LogP contribution in [0.3, 0.4) is 0 Å². The largest absolute Gasteiger partial charge is 0.382 e. The number of hydrogen-bond donors (Lipinski definition) is 2. The lowest BCUT2D eigenvalue weighted by Gasteiger charge is -2.07. The summed E-state index contributed by atoms with van der Waals surface area (Å²) in [5.41, 5.74) is 9.05. The molecule has 0 radical (unpaired) electrons. The molecular formula is C15H14N8. The topological polar surface area (TPSA) is 111 Å². The highest BCUT2D eigenvalue weighted by Gasteiger charge is 2.16. The molecule has 0 aliphatic carbocycles. The zero-order valence-corrected chi connectivity index (χ0v) is 12.4. The number of benzene rings is 1. The van der Waals surface area contributed by atoms with Crippen LogP contribution in [0.25, 0.3) is 33.7 Å². The summed E-state index contributed by atoms with van der Waals surface area (Å²) in [6, 6.07) is 8.25. The molecule has 8 nitrogen and oxygen atoms in total. The van der Waals surface area contributed by atoms with Crippen LogP contribution in [0.2, 0.25) is 0 Å². The third-order valence-electron chi connectivity index (χ3n) is 3.73. The van der Waals surface area contributed by atoms with E-state index in [0.717, 1.165) is 17.5 Å². The van der Waals surface area contributed by atoms with Crippen LogP contribution >= 0.6 is 0 Å². The standard InChI is InChI=1S/C15H14N8/c1-2-23-6-5-9-7-10(3-4-11(9)23)13-14(15-19-21-22-20-15)18-12(16)8-17-13/h3-8H,2H2,1H3,(H2,16,18)(H,19,20,21,22). The monoisotopic (exact) mass is 306 g/mol. The molecule has 3 aromatic heterocycles. The maximum atomic E-state index is 5.76. The molecule has 0 aliphatic heterocycles. The number of nitrogens with one attached hydrogen (secondary N) is 1. The molecule has 0 spiro atoms. The smallest absolute Gasteiger partial charge is 0.225 e. The maximum absolute atomic E-state index is 5.76. The fourth-order valence-corrected chi connectivity index (χ4v) is 2.66. The van der Waals surface area contributed by atoms with Gasteiger partial charge in [0.15, 0.2) is 0 Å². The number of nitrogens with zero attached hydrogens (tertiary/aromatic N) is 6. The van der Waals surface area contributed by atoms with E-state index in [1.807, 2.05) is 6.07 Å². The molecule has 3 heterocycles. The molecule has 1 aromatic carbocycles. The number of anilines is 1. The molecule has 8 heteroatoms. The molecule has 3 N–H and O–H groups in total. The van der Waals surface area contributed by atoms with Gasteiger partial charge in [0.05, 0.1) is 6.20 Å². The number of tetrazole rings is 1. The molecule has 0 unspecified atom stereocenters. The van der Waals surface area contributed by atoms with Crippen LogP contribution in [-0.2, 0) is 6.54 Å². The Bertz CT molecular complexity index is 970. The van der Waals surface area contributed by atoms with Gasteiger partial charge in [-0.25, -0.2) is 9.97 Å². The maximum Gasteiger partial charge on any atom is 0.225 e. The average molecular weight is 306 g/mol. The van der Waals surface area contributed by atoms with Gasteiger partial charge in [-0.3, -0.25) is 0 Å². The van der Waals surface area contributed by atoms with E-state index >= 15 is 0 Å². The van der Waals surface area contributed by atoms with Gasteiger partial charge in [-0.1, -0.05) is 6.07 Å². The van der Waals surface area contributed by atoms with Gasteiger partial charge in [0.2, 0.25) is 5.82 Å². The molecule has 114 valence electrons. The van der Waals surface area contributed by atoms with Crippen molar-refractivity contribution in [3.05, 3.63) is 36.7 Å². The summed E-state index contributed by atoms with van der Waals surface area (Å²) in [6.45, 7) is 3.05. The Hall–Kier alpha value is -3.29. The van der Waals surface area contributed by atoms with E-state index in [0.29, 0.717) is 23.0 Å². The van der Waals surface area contributed by atoms with Gasteiger partial charge in [-0.15, -0.1) is 10.2 Å². The van der Waals surface area contributed by atoms with Crippen molar-refractivity contribution < 1.29 is 0 Å². The summed E-state index contributed by atoms with van der Waals surface area (Å²) in [5, 5.41) is 15.1. The van der Waals surface area contributed by atoms with Crippen molar-refractivity contribution in [2.45, 2.75) is 13.5 Å². The normalized spacial score (nSPS) is 11.2. The lowest BCUT2D eigenvalue weighted by molar-refractivity contribution is 0.798. The van der Waals surface area contributed by atoms with E-state index in [9.17, 15) is 0 Å². The minimum Gasteiger partial charge on any atom is -0.382 e. The first kappa shape index (κ1) is 13.4. The van der Waals surface area contributed by atoms with Crippen molar-refractivity contribution >= 4 is 16.7 Å². The molecule has 0 saturated heterocycles. The molecule has 23 heavy (non-hydrogen) atoms. The zero-order chi connectivity index (χ0) is 15.8. The Kier molecular flexibility index (Phi) is 3.00. The van der Waals surface area contributed by atoms with E-state index in [4.69, 9.17) is 5.73 Å². The van der Waals surface area contributed by atoms with Gasteiger partial charge in [0.1, 0.15) is 17.2 Å². The number of H-pyrrole nitrogens is 1.